The van der Waals surface area contributed by atoms with Crippen LogP contribution in [0.15, 0.2) is 0 Å². The molecule has 0 aromatic carbocycles. The summed E-state index contributed by atoms with van der Waals surface area (Å²) in [5, 5.41) is 8.44. The summed E-state index contributed by atoms with van der Waals surface area (Å²) < 4.78 is 0. The second-order valence-electron chi connectivity index (χ2n) is 3.11. The van der Waals surface area contributed by atoms with Crippen molar-refractivity contribution in [1.29, 1.82) is 5.26 Å². The van der Waals surface area contributed by atoms with Crippen LogP contribution >= 0.6 is 0 Å². The Morgan fingerprint density at radius 3 is 2.77 bits per heavy atom. The number of nitrogens with two attached hydrogens (primary N) is 1. The van der Waals surface area contributed by atoms with Gasteiger partial charge < -0.3 is 10.6 Å². The summed E-state index contributed by atoms with van der Waals surface area (Å²) in [6.45, 7) is 2.40. The van der Waals surface area contributed by atoms with Crippen LogP contribution in [0.4, 0.5) is 0 Å². The van der Waals surface area contributed by atoms with Crippen molar-refractivity contribution in [3.8, 4) is 6.07 Å². The van der Waals surface area contributed by atoms with Gasteiger partial charge in [0, 0.05) is 19.5 Å². The molecular formula is C9H17N3O. The SMILES string of the molecule is CC(CC#N)N(C)C(=O)CCCN. The molecule has 4 nitrogen and oxygen atoms in total. The predicted octanol–water partition coefficient (Wildman–Crippen LogP) is 0.486. The first-order valence-corrected chi connectivity index (χ1v) is 4.46. The minimum Gasteiger partial charge on any atom is -0.342 e. The van der Waals surface area contributed by atoms with E-state index in [-0.39, 0.29) is 11.9 Å². The van der Waals surface area contributed by atoms with Crippen LogP contribution in [0.1, 0.15) is 26.2 Å². The number of nitriles is 1. The van der Waals surface area contributed by atoms with Gasteiger partial charge in [-0.2, -0.15) is 5.26 Å². The Labute approximate surface area is 79.3 Å². The molecule has 0 fully saturated rings. The molecule has 0 heterocycles. The van der Waals surface area contributed by atoms with E-state index in [0.29, 0.717) is 25.8 Å². The van der Waals surface area contributed by atoms with E-state index < -0.39 is 0 Å². The molecule has 0 aromatic heterocycles. The lowest BCUT2D eigenvalue weighted by molar-refractivity contribution is -0.131. The van der Waals surface area contributed by atoms with Crippen molar-refractivity contribution in [3.63, 3.8) is 0 Å². The number of rotatable bonds is 5. The molecule has 0 spiro atoms. The van der Waals surface area contributed by atoms with Gasteiger partial charge in [0.05, 0.1) is 12.5 Å². The molecule has 0 radical (unpaired) electrons. The maximum absolute atomic E-state index is 11.4. The molecule has 74 valence electrons. The van der Waals surface area contributed by atoms with Gasteiger partial charge in [-0.3, -0.25) is 4.79 Å². The average Bonchev–Trinajstić information content (AvgIpc) is 2.13. The first-order valence-electron chi connectivity index (χ1n) is 4.46. The third-order valence-corrected chi connectivity index (χ3v) is 2.04. The summed E-state index contributed by atoms with van der Waals surface area (Å²) in [6, 6.07) is 2.04. The Bertz CT molecular complexity index is 198. The lowest BCUT2D eigenvalue weighted by Gasteiger charge is -2.22. The lowest BCUT2D eigenvalue weighted by atomic mass is 10.2. The summed E-state index contributed by atoms with van der Waals surface area (Å²) in [4.78, 5) is 13.0. The largest absolute Gasteiger partial charge is 0.342 e. The van der Waals surface area contributed by atoms with E-state index in [1.165, 1.54) is 0 Å². The quantitative estimate of drug-likeness (QED) is 0.674. The van der Waals surface area contributed by atoms with Crippen molar-refractivity contribution in [3.05, 3.63) is 0 Å². The summed E-state index contributed by atoms with van der Waals surface area (Å²) in [5.74, 6) is 0.0631. The van der Waals surface area contributed by atoms with Gasteiger partial charge in [-0.1, -0.05) is 0 Å². The summed E-state index contributed by atoms with van der Waals surface area (Å²) in [6.07, 6.45) is 1.57. The van der Waals surface area contributed by atoms with Crippen LogP contribution in [0.3, 0.4) is 0 Å². The minimum atomic E-state index is -0.00438. The smallest absolute Gasteiger partial charge is 0.222 e. The van der Waals surface area contributed by atoms with E-state index in [2.05, 4.69) is 0 Å². The number of hydrogen-bond acceptors (Lipinski definition) is 3. The number of carbonyl (C=O) groups is 1. The predicted molar refractivity (Wildman–Crippen MR) is 50.8 cm³/mol. The van der Waals surface area contributed by atoms with Crippen LogP contribution in [-0.2, 0) is 4.79 Å². The zero-order chi connectivity index (χ0) is 10.3. The molecule has 4 heteroatoms. The molecule has 0 saturated carbocycles. The Balaban J connectivity index is 3.88. The van der Waals surface area contributed by atoms with Crippen LogP contribution < -0.4 is 5.73 Å². The topological polar surface area (TPSA) is 70.1 Å². The molecule has 1 amide bonds. The fraction of sp³-hybridized carbons (Fsp3) is 0.778. The van der Waals surface area contributed by atoms with E-state index in [4.69, 9.17) is 11.0 Å². The highest BCUT2D eigenvalue weighted by atomic mass is 16.2. The normalized spacial score (nSPS) is 11.8. The van der Waals surface area contributed by atoms with Gasteiger partial charge in [0.15, 0.2) is 0 Å². The van der Waals surface area contributed by atoms with Crippen LogP contribution in [0.2, 0.25) is 0 Å². The summed E-state index contributed by atoms with van der Waals surface area (Å²) in [7, 11) is 1.72. The third-order valence-electron chi connectivity index (χ3n) is 2.04. The van der Waals surface area contributed by atoms with Gasteiger partial charge in [-0.25, -0.2) is 0 Å². The molecule has 0 aliphatic heterocycles. The fourth-order valence-electron chi connectivity index (χ4n) is 0.944. The van der Waals surface area contributed by atoms with Crippen molar-refractivity contribution >= 4 is 5.91 Å². The van der Waals surface area contributed by atoms with E-state index in [1.54, 1.807) is 11.9 Å². The zero-order valence-electron chi connectivity index (χ0n) is 8.29. The average molecular weight is 183 g/mol. The van der Waals surface area contributed by atoms with Crippen molar-refractivity contribution in [2.45, 2.75) is 32.2 Å². The minimum absolute atomic E-state index is 0.00438. The van der Waals surface area contributed by atoms with Crippen LogP contribution in [0.5, 0.6) is 0 Å². The monoisotopic (exact) mass is 183 g/mol. The van der Waals surface area contributed by atoms with E-state index >= 15 is 0 Å². The Morgan fingerprint density at radius 2 is 2.31 bits per heavy atom. The molecule has 0 rings (SSSR count). The van der Waals surface area contributed by atoms with Gasteiger partial charge >= 0.3 is 0 Å². The maximum Gasteiger partial charge on any atom is 0.222 e. The Kier molecular flexibility index (Phi) is 5.90. The van der Waals surface area contributed by atoms with Gasteiger partial charge in [0.2, 0.25) is 5.91 Å². The summed E-state index contributed by atoms with van der Waals surface area (Å²) >= 11 is 0. The second kappa shape index (κ2) is 6.44. The molecule has 13 heavy (non-hydrogen) atoms. The van der Waals surface area contributed by atoms with Gasteiger partial charge in [-0.05, 0) is 19.9 Å². The highest BCUT2D eigenvalue weighted by Crippen LogP contribution is 2.03. The number of nitrogens with zero attached hydrogens (tertiary/aromatic N) is 2. The van der Waals surface area contributed by atoms with Crippen molar-refractivity contribution in [2.24, 2.45) is 5.73 Å². The number of hydrogen-bond donors (Lipinski definition) is 1. The third kappa shape index (κ3) is 4.48. The van der Waals surface area contributed by atoms with Crippen LogP contribution in [0, 0.1) is 11.3 Å². The molecule has 0 aromatic rings. The molecule has 0 bridgehead atoms. The Morgan fingerprint density at radius 1 is 1.69 bits per heavy atom. The first-order chi connectivity index (χ1) is 6.13. The summed E-state index contributed by atoms with van der Waals surface area (Å²) in [5.41, 5.74) is 5.29. The molecule has 0 saturated heterocycles. The lowest BCUT2D eigenvalue weighted by Crippen LogP contribution is -2.34. The van der Waals surface area contributed by atoms with Crippen molar-refractivity contribution in [2.75, 3.05) is 13.6 Å². The number of amides is 1. The first kappa shape index (κ1) is 11.9. The van der Waals surface area contributed by atoms with E-state index in [0.717, 1.165) is 0 Å². The molecular weight excluding hydrogens is 166 g/mol. The molecule has 1 unspecified atom stereocenters. The van der Waals surface area contributed by atoms with Gasteiger partial charge in [-0.15, -0.1) is 0 Å². The van der Waals surface area contributed by atoms with Crippen molar-refractivity contribution in [1.82, 2.24) is 4.90 Å². The standard InChI is InChI=1S/C9H17N3O/c1-8(5-7-11)12(2)9(13)4-3-6-10/h8H,3-6,10H2,1-2H3. The van der Waals surface area contributed by atoms with Crippen molar-refractivity contribution < 1.29 is 4.79 Å². The highest BCUT2D eigenvalue weighted by molar-refractivity contribution is 5.76. The van der Waals surface area contributed by atoms with E-state index in [1.807, 2.05) is 13.0 Å². The highest BCUT2D eigenvalue weighted by Gasteiger charge is 2.14. The molecule has 0 aliphatic carbocycles. The maximum atomic E-state index is 11.4. The molecule has 0 aliphatic rings. The van der Waals surface area contributed by atoms with Gasteiger partial charge in [0.1, 0.15) is 0 Å². The fourth-order valence-corrected chi connectivity index (χ4v) is 0.944. The van der Waals surface area contributed by atoms with E-state index in [9.17, 15) is 4.79 Å². The van der Waals surface area contributed by atoms with Crippen LogP contribution in [0.25, 0.3) is 0 Å². The Hall–Kier alpha value is -1.08. The number of carbonyl (C=O) groups excluding carboxylic acids is 1. The van der Waals surface area contributed by atoms with Crippen LogP contribution in [-0.4, -0.2) is 30.4 Å². The second-order valence-corrected chi connectivity index (χ2v) is 3.11. The van der Waals surface area contributed by atoms with Gasteiger partial charge in [0.25, 0.3) is 0 Å². The molecule has 2 N–H and O–H groups in total. The molecule has 1 atom stereocenters. The zero-order valence-corrected chi connectivity index (χ0v) is 8.29.